The second-order valence-corrected chi connectivity index (χ2v) is 7.33. The lowest BCUT2D eigenvalue weighted by atomic mass is 9.86. The van der Waals surface area contributed by atoms with Crippen LogP contribution in [-0.4, -0.2) is 56.2 Å². The number of carbonyl (C=O) groups is 6. The predicted octanol–water partition coefficient (Wildman–Crippen LogP) is 3.12. The molecule has 0 saturated heterocycles. The normalized spacial score (nSPS) is 12.1. The van der Waals surface area contributed by atoms with E-state index in [1.165, 1.54) is 24.3 Å². The van der Waals surface area contributed by atoms with E-state index in [-0.39, 0.29) is 33.4 Å². The molecule has 11 heteroatoms. The molecule has 4 rings (SSSR count). The summed E-state index contributed by atoms with van der Waals surface area (Å²) < 4.78 is 4.68. The summed E-state index contributed by atoms with van der Waals surface area (Å²) in [5.41, 5.74) is -2.21. The van der Waals surface area contributed by atoms with Crippen molar-refractivity contribution in [3.63, 3.8) is 0 Å². The molecule has 174 valence electrons. The van der Waals surface area contributed by atoms with Crippen molar-refractivity contribution in [1.82, 2.24) is 0 Å². The number of benzene rings is 3. The lowest BCUT2D eigenvalue weighted by Gasteiger charge is -2.15. The first-order valence-corrected chi connectivity index (χ1v) is 9.66. The smallest absolute Gasteiger partial charge is 0.347 e. The van der Waals surface area contributed by atoms with Gasteiger partial charge in [0.1, 0.15) is 0 Å². The molecule has 3 aromatic rings. The minimum absolute atomic E-state index is 0.0165. The fourth-order valence-corrected chi connectivity index (χ4v) is 3.85. The van der Waals surface area contributed by atoms with Crippen molar-refractivity contribution in [1.29, 1.82) is 0 Å². The topological polar surface area (TPSA) is 193 Å². The quantitative estimate of drug-likeness (QED) is 0.302. The molecule has 1 aliphatic heterocycles. The van der Waals surface area contributed by atoms with Crippen molar-refractivity contribution >= 4 is 35.8 Å². The number of fused-ring (bicyclic) bond motifs is 1. The number of hydrogen-bond donors (Lipinski definition) is 4. The van der Waals surface area contributed by atoms with Crippen LogP contribution in [0.15, 0.2) is 48.5 Å². The first-order valence-electron chi connectivity index (χ1n) is 9.66. The number of rotatable bonds is 6. The van der Waals surface area contributed by atoms with Crippen LogP contribution in [0.2, 0.25) is 0 Å². The zero-order chi connectivity index (χ0) is 25.6. The van der Waals surface area contributed by atoms with Gasteiger partial charge in [0.25, 0.3) is 0 Å². The van der Waals surface area contributed by atoms with E-state index in [0.717, 1.165) is 24.3 Å². The largest absolute Gasteiger partial charge is 0.478 e. The van der Waals surface area contributed by atoms with Gasteiger partial charge in [-0.25, -0.2) is 28.8 Å². The van der Waals surface area contributed by atoms with Gasteiger partial charge in [0.2, 0.25) is 0 Å². The summed E-state index contributed by atoms with van der Waals surface area (Å²) in [5.74, 6) is -8.06. The Bertz CT molecular complexity index is 1510. The standard InChI is InChI=1S/C24H12O11/c25-19(26)12-3-1-9(7-15(12)21(29)30)11-5-6-14-18(24(34)35-23(14)33)17(11)10-2-4-13(20(27)28)16(8-10)22(31)32/h1-8H,(H,25,26)(H,27,28)(H,29,30)(H,31,32). The lowest BCUT2D eigenvalue weighted by molar-refractivity contribution is 0.0441. The summed E-state index contributed by atoms with van der Waals surface area (Å²) in [6.45, 7) is 0. The molecule has 0 radical (unpaired) electrons. The van der Waals surface area contributed by atoms with Gasteiger partial charge < -0.3 is 25.2 Å². The molecular formula is C24H12O11. The third-order valence-electron chi connectivity index (χ3n) is 5.38. The van der Waals surface area contributed by atoms with Gasteiger partial charge in [-0.05, 0) is 47.0 Å². The fourth-order valence-electron chi connectivity index (χ4n) is 3.85. The highest BCUT2D eigenvalue weighted by molar-refractivity contribution is 6.20. The fraction of sp³-hybridized carbons (Fsp3) is 0. The monoisotopic (exact) mass is 476 g/mol. The molecule has 0 saturated carbocycles. The van der Waals surface area contributed by atoms with Gasteiger partial charge >= 0.3 is 35.8 Å². The van der Waals surface area contributed by atoms with Gasteiger partial charge in [0.15, 0.2) is 0 Å². The SMILES string of the molecule is O=C(O)c1ccc(-c2ccc3c(c2-c2ccc(C(=O)O)c(C(=O)O)c2)C(=O)OC3=O)cc1C(=O)O. The number of hydrogen-bond acceptors (Lipinski definition) is 7. The number of carboxylic acids is 4. The van der Waals surface area contributed by atoms with Gasteiger partial charge in [-0.2, -0.15) is 0 Å². The average Bonchev–Trinajstić information content (AvgIpc) is 3.10. The Hall–Kier alpha value is -5.32. The van der Waals surface area contributed by atoms with Gasteiger partial charge in [0, 0.05) is 5.56 Å². The van der Waals surface area contributed by atoms with E-state index >= 15 is 0 Å². The zero-order valence-corrected chi connectivity index (χ0v) is 17.3. The summed E-state index contributed by atoms with van der Waals surface area (Å²) in [4.78, 5) is 70.9. The van der Waals surface area contributed by atoms with Crippen molar-refractivity contribution < 1.29 is 53.9 Å². The van der Waals surface area contributed by atoms with Gasteiger partial charge in [-0.1, -0.05) is 18.2 Å². The molecule has 35 heavy (non-hydrogen) atoms. The number of ether oxygens (including phenoxy) is 1. The molecular weight excluding hydrogens is 464 g/mol. The second kappa shape index (κ2) is 8.23. The van der Waals surface area contributed by atoms with E-state index in [1.807, 2.05) is 0 Å². The van der Waals surface area contributed by atoms with Crippen molar-refractivity contribution in [2.24, 2.45) is 0 Å². The van der Waals surface area contributed by atoms with Gasteiger partial charge in [0.05, 0.1) is 33.4 Å². The van der Waals surface area contributed by atoms with E-state index in [1.54, 1.807) is 0 Å². The first kappa shape index (κ1) is 22.9. The molecule has 1 aliphatic rings. The Morgan fingerprint density at radius 1 is 0.514 bits per heavy atom. The van der Waals surface area contributed by atoms with Crippen molar-refractivity contribution in [2.45, 2.75) is 0 Å². The van der Waals surface area contributed by atoms with Crippen LogP contribution in [0.5, 0.6) is 0 Å². The van der Waals surface area contributed by atoms with Crippen LogP contribution in [-0.2, 0) is 4.74 Å². The number of carbonyl (C=O) groups excluding carboxylic acids is 2. The maximum atomic E-state index is 12.5. The van der Waals surface area contributed by atoms with E-state index in [9.17, 15) is 49.2 Å². The lowest BCUT2D eigenvalue weighted by Crippen LogP contribution is -2.09. The predicted molar refractivity (Wildman–Crippen MR) is 115 cm³/mol. The number of cyclic esters (lactones) is 2. The Balaban J connectivity index is 2.08. The van der Waals surface area contributed by atoms with Crippen LogP contribution in [0.3, 0.4) is 0 Å². The molecule has 4 N–H and O–H groups in total. The van der Waals surface area contributed by atoms with Crippen LogP contribution in [0, 0.1) is 0 Å². The molecule has 0 aromatic heterocycles. The summed E-state index contributed by atoms with van der Waals surface area (Å²) in [7, 11) is 0. The molecule has 11 nitrogen and oxygen atoms in total. The number of aromatic carboxylic acids is 4. The van der Waals surface area contributed by atoms with E-state index in [0.29, 0.717) is 0 Å². The molecule has 0 unspecified atom stereocenters. The highest BCUT2D eigenvalue weighted by atomic mass is 16.6. The summed E-state index contributed by atoms with van der Waals surface area (Å²) >= 11 is 0. The van der Waals surface area contributed by atoms with E-state index in [2.05, 4.69) is 4.74 Å². The third-order valence-corrected chi connectivity index (χ3v) is 5.38. The van der Waals surface area contributed by atoms with Crippen molar-refractivity contribution in [2.75, 3.05) is 0 Å². The zero-order valence-electron chi connectivity index (χ0n) is 17.3. The Kier molecular flexibility index (Phi) is 5.37. The average molecular weight is 476 g/mol. The highest BCUT2D eigenvalue weighted by Gasteiger charge is 2.35. The molecule has 0 fully saturated rings. The highest BCUT2D eigenvalue weighted by Crippen LogP contribution is 2.40. The Morgan fingerprint density at radius 3 is 1.49 bits per heavy atom. The minimum Gasteiger partial charge on any atom is -0.478 e. The van der Waals surface area contributed by atoms with Crippen LogP contribution in [0.25, 0.3) is 22.3 Å². The number of carboxylic acid groups (broad SMARTS) is 4. The summed E-state index contributed by atoms with van der Waals surface area (Å²) in [6.07, 6.45) is 0. The third kappa shape index (κ3) is 3.76. The first-order chi connectivity index (χ1) is 16.5. The Morgan fingerprint density at radius 2 is 0.971 bits per heavy atom. The molecule has 0 aliphatic carbocycles. The summed E-state index contributed by atoms with van der Waals surface area (Å²) in [6, 6.07) is 9.27. The second-order valence-electron chi connectivity index (χ2n) is 7.33. The van der Waals surface area contributed by atoms with Gasteiger partial charge in [-0.3, -0.25) is 0 Å². The van der Waals surface area contributed by atoms with Crippen LogP contribution in [0.1, 0.15) is 62.1 Å². The van der Waals surface area contributed by atoms with E-state index in [4.69, 9.17) is 0 Å². The van der Waals surface area contributed by atoms with Crippen molar-refractivity contribution in [3.8, 4) is 22.3 Å². The molecule has 1 heterocycles. The minimum atomic E-state index is -1.56. The van der Waals surface area contributed by atoms with Gasteiger partial charge in [-0.15, -0.1) is 0 Å². The maximum Gasteiger partial charge on any atom is 0.347 e. The summed E-state index contributed by atoms with van der Waals surface area (Å²) in [5, 5.41) is 37.6. The van der Waals surface area contributed by atoms with E-state index < -0.39 is 58.1 Å². The molecule has 3 aromatic carbocycles. The molecule has 0 atom stereocenters. The number of esters is 2. The Labute approximate surface area is 194 Å². The van der Waals surface area contributed by atoms with Crippen LogP contribution >= 0.6 is 0 Å². The maximum absolute atomic E-state index is 12.5. The molecule has 0 bridgehead atoms. The molecule has 0 amide bonds. The van der Waals surface area contributed by atoms with Crippen molar-refractivity contribution in [3.05, 3.63) is 81.9 Å². The van der Waals surface area contributed by atoms with Crippen LogP contribution < -0.4 is 0 Å². The molecule has 0 spiro atoms. The van der Waals surface area contributed by atoms with Crippen LogP contribution in [0.4, 0.5) is 0 Å².